The van der Waals surface area contributed by atoms with E-state index in [1.807, 2.05) is 0 Å². The van der Waals surface area contributed by atoms with E-state index < -0.39 is 21.9 Å². The van der Waals surface area contributed by atoms with Crippen LogP contribution in [0.25, 0.3) is 0 Å². The number of ether oxygens (including phenoxy) is 1. The van der Waals surface area contributed by atoms with Crippen LogP contribution in [-0.4, -0.2) is 25.6 Å². The van der Waals surface area contributed by atoms with Crippen LogP contribution in [0.1, 0.15) is 5.56 Å². The molecule has 1 unspecified atom stereocenters. The van der Waals surface area contributed by atoms with Crippen LogP contribution in [0, 0.1) is 0 Å². The SMILES string of the molecule is O=C(O)C1Cc2cc(S(=O)(=O)c3cccs3)c(Cl)c(Cl)c2O1. The minimum Gasteiger partial charge on any atom is -0.478 e. The molecule has 0 spiro atoms. The first-order valence-corrected chi connectivity index (χ1v) is 9.13. The lowest BCUT2D eigenvalue weighted by Gasteiger charge is -2.10. The molecule has 9 heteroatoms. The van der Waals surface area contributed by atoms with Crippen molar-refractivity contribution < 1.29 is 23.1 Å². The Morgan fingerprint density at radius 2 is 2.09 bits per heavy atom. The molecule has 0 bridgehead atoms. The highest BCUT2D eigenvalue weighted by molar-refractivity contribution is 7.93. The van der Waals surface area contributed by atoms with Gasteiger partial charge in [-0.1, -0.05) is 29.3 Å². The van der Waals surface area contributed by atoms with Gasteiger partial charge in [-0.15, -0.1) is 11.3 Å². The van der Waals surface area contributed by atoms with E-state index in [0.717, 1.165) is 11.3 Å². The maximum atomic E-state index is 12.6. The van der Waals surface area contributed by atoms with Crippen molar-refractivity contribution in [3.63, 3.8) is 0 Å². The van der Waals surface area contributed by atoms with E-state index in [-0.39, 0.29) is 31.3 Å². The van der Waals surface area contributed by atoms with Crippen molar-refractivity contribution in [1.29, 1.82) is 0 Å². The number of benzene rings is 1. The smallest absolute Gasteiger partial charge is 0.345 e. The third-order valence-corrected chi connectivity index (χ3v) is 7.33. The second kappa shape index (κ2) is 5.42. The largest absolute Gasteiger partial charge is 0.478 e. The summed E-state index contributed by atoms with van der Waals surface area (Å²) in [6, 6.07) is 4.42. The zero-order valence-corrected chi connectivity index (χ0v) is 13.9. The van der Waals surface area contributed by atoms with Crippen LogP contribution in [0.5, 0.6) is 5.75 Å². The molecule has 1 aromatic carbocycles. The Morgan fingerprint density at radius 1 is 1.36 bits per heavy atom. The minimum atomic E-state index is -3.81. The van der Waals surface area contributed by atoms with Gasteiger partial charge in [-0.3, -0.25) is 0 Å². The molecule has 0 saturated heterocycles. The number of sulfone groups is 1. The van der Waals surface area contributed by atoms with E-state index >= 15 is 0 Å². The number of hydrogen-bond donors (Lipinski definition) is 1. The van der Waals surface area contributed by atoms with Crippen LogP contribution in [0.15, 0.2) is 32.7 Å². The molecule has 1 atom stereocenters. The first kappa shape index (κ1) is 15.6. The Balaban J connectivity index is 2.16. The summed E-state index contributed by atoms with van der Waals surface area (Å²) in [6.45, 7) is 0. The van der Waals surface area contributed by atoms with Gasteiger partial charge in [0.15, 0.2) is 6.10 Å². The van der Waals surface area contributed by atoms with Crippen LogP contribution >= 0.6 is 34.5 Å². The average molecular weight is 379 g/mol. The zero-order valence-electron chi connectivity index (χ0n) is 10.7. The standard InChI is InChI=1S/C13H8Cl2O5S2/c14-10-8(22(18,19)9-2-1-3-21-9)5-6-4-7(13(16)17)20-12(6)11(10)15/h1-3,5,7H,4H2,(H,16,17). The van der Waals surface area contributed by atoms with Crippen molar-refractivity contribution in [3.8, 4) is 5.75 Å². The molecule has 5 nitrogen and oxygen atoms in total. The highest BCUT2D eigenvalue weighted by Gasteiger charge is 2.35. The molecule has 0 aliphatic carbocycles. The predicted molar refractivity (Wildman–Crippen MR) is 82.0 cm³/mol. The number of halogens is 2. The van der Waals surface area contributed by atoms with Gasteiger partial charge in [-0.05, 0) is 17.5 Å². The van der Waals surface area contributed by atoms with Crippen molar-refractivity contribution >= 4 is 50.3 Å². The van der Waals surface area contributed by atoms with Gasteiger partial charge < -0.3 is 9.84 Å². The Hall–Kier alpha value is -1.28. The topological polar surface area (TPSA) is 80.7 Å². The van der Waals surface area contributed by atoms with Crippen LogP contribution in [0.4, 0.5) is 0 Å². The van der Waals surface area contributed by atoms with Gasteiger partial charge in [0, 0.05) is 12.0 Å². The van der Waals surface area contributed by atoms with Crippen molar-refractivity contribution in [2.75, 3.05) is 0 Å². The van der Waals surface area contributed by atoms with Gasteiger partial charge >= 0.3 is 5.97 Å². The second-order valence-electron chi connectivity index (χ2n) is 4.58. The molecule has 3 rings (SSSR count). The Kier molecular flexibility index (Phi) is 3.84. The molecule has 0 saturated carbocycles. The summed E-state index contributed by atoms with van der Waals surface area (Å²) < 4.78 is 30.6. The van der Waals surface area contributed by atoms with Gasteiger partial charge in [-0.25, -0.2) is 13.2 Å². The van der Waals surface area contributed by atoms with Gasteiger partial charge in [0.2, 0.25) is 9.84 Å². The number of rotatable bonds is 3. The molecule has 1 N–H and O–H groups in total. The fraction of sp³-hybridized carbons (Fsp3) is 0.154. The summed E-state index contributed by atoms with van der Waals surface area (Å²) in [5.74, 6) is -1.02. The number of carboxylic acids is 1. The fourth-order valence-corrected chi connectivity index (χ4v) is 5.43. The lowest BCUT2D eigenvalue weighted by molar-refractivity contribution is -0.144. The Labute approximate surface area is 140 Å². The first-order valence-electron chi connectivity index (χ1n) is 6.01. The predicted octanol–water partition coefficient (Wildman–Crippen LogP) is 3.28. The van der Waals surface area contributed by atoms with E-state index in [9.17, 15) is 13.2 Å². The molecule has 1 aromatic heterocycles. The summed E-state index contributed by atoms with van der Waals surface area (Å²) in [4.78, 5) is 10.9. The van der Waals surface area contributed by atoms with E-state index in [2.05, 4.69) is 0 Å². The first-order chi connectivity index (χ1) is 10.3. The van der Waals surface area contributed by atoms with Crippen molar-refractivity contribution in [1.82, 2.24) is 0 Å². The summed E-state index contributed by atoms with van der Waals surface area (Å²) in [5, 5.41) is 10.4. The summed E-state index contributed by atoms with van der Waals surface area (Å²) >= 11 is 13.2. The molecule has 0 amide bonds. The third-order valence-electron chi connectivity index (χ3n) is 3.20. The number of hydrogen-bond acceptors (Lipinski definition) is 5. The highest BCUT2D eigenvalue weighted by atomic mass is 35.5. The number of thiophene rings is 1. The monoisotopic (exact) mass is 378 g/mol. The molecule has 1 aliphatic heterocycles. The van der Waals surface area contributed by atoms with Crippen LogP contribution < -0.4 is 4.74 Å². The van der Waals surface area contributed by atoms with Gasteiger partial charge in [0.05, 0.1) is 9.92 Å². The third kappa shape index (κ3) is 2.38. The molecular formula is C13H8Cl2O5S2. The van der Waals surface area contributed by atoms with E-state index in [1.54, 1.807) is 11.4 Å². The average Bonchev–Trinajstić information content (AvgIpc) is 3.11. The van der Waals surface area contributed by atoms with E-state index in [1.165, 1.54) is 12.1 Å². The van der Waals surface area contributed by atoms with Gasteiger partial charge in [0.1, 0.15) is 15.0 Å². The van der Waals surface area contributed by atoms with E-state index in [4.69, 9.17) is 33.0 Å². The fourth-order valence-electron chi connectivity index (χ4n) is 2.16. The Bertz CT molecular complexity index is 859. The van der Waals surface area contributed by atoms with Gasteiger partial charge in [-0.2, -0.15) is 0 Å². The normalized spacial score (nSPS) is 17.1. The molecule has 2 heterocycles. The molecule has 2 aromatic rings. The number of aliphatic carboxylic acids is 1. The van der Waals surface area contributed by atoms with E-state index in [0.29, 0.717) is 5.56 Å². The molecule has 0 radical (unpaired) electrons. The summed E-state index contributed by atoms with van der Waals surface area (Å²) in [7, 11) is -3.81. The van der Waals surface area contributed by atoms with Crippen molar-refractivity contribution in [2.45, 2.75) is 21.6 Å². The lowest BCUT2D eigenvalue weighted by atomic mass is 10.1. The van der Waals surface area contributed by atoms with Gasteiger partial charge in [0.25, 0.3) is 0 Å². The quantitative estimate of drug-likeness (QED) is 0.885. The lowest BCUT2D eigenvalue weighted by Crippen LogP contribution is -2.24. The maximum Gasteiger partial charge on any atom is 0.345 e. The number of fused-ring (bicyclic) bond motifs is 1. The molecule has 1 aliphatic rings. The molecule has 116 valence electrons. The molecular weight excluding hydrogens is 371 g/mol. The highest BCUT2D eigenvalue weighted by Crippen LogP contribution is 2.45. The zero-order chi connectivity index (χ0) is 16.1. The van der Waals surface area contributed by atoms with Crippen LogP contribution in [0.2, 0.25) is 10.0 Å². The van der Waals surface area contributed by atoms with Crippen LogP contribution in [-0.2, 0) is 21.1 Å². The second-order valence-corrected chi connectivity index (χ2v) is 8.42. The van der Waals surface area contributed by atoms with Crippen molar-refractivity contribution in [2.24, 2.45) is 0 Å². The van der Waals surface area contributed by atoms with Crippen LogP contribution in [0.3, 0.4) is 0 Å². The number of carboxylic acid groups (broad SMARTS) is 1. The Morgan fingerprint density at radius 3 is 2.68 bits per heavy atom. The molecule has 22 heavy (non-hydrogen) atoms. The number of carbonyl (C=O) groups is 1. The summed E-state index contributed by atoms with van der Waals surface area (Å²) in [6.07, 6.45) is -1.06. The summed E-state index contributed by atoms with van der Waals surface area (Å²) in [5.41, 5.74) is 0.414. The maximum absolute atomic E-state index is 12.6. The van der Waals surface area contributed by atoms with Crippen molar-refractivity contribution in [3.05, 3.63) is 39.2 Å². The molecule has 0 fully saturated rings. The minimum absolute atomic E-state index is 0.0362.